The van der Waals surface area contributed by atoms with Crippen molar-refractivity contribution in [2.24, 2.45) is 15.0 Å². The molecule has 0 saturated heterocycles. The summed E-state index contributed by atoms with van der Waals surface area (Å²) in [6, 6.07) is 56.4. The van der Waals surface area contributed by atoms with E-state index >= 15 is 0 Å². The average Bonchev–Trinajstić information content (AvgIpc) is 4.10. The second kappa shape index (κ2) is 14.3. The van der Waals surface area contributed by atoms with Gasteiger partial charge in [0.25, 0.3) is 0 Å². The van der Waals surface area contributed by atoms with Gasteiger partial charge in [0, 0.05) is 50.5 Å². The molecule has 0 spiro atoms. The minimum Gasteiger partial charge on any atom is -0.361 e. The molecule has 6 aromatic rings. The van der Waals surface area contributed by atoms with E-state index in [1.165, 1.54) is 0 Å². The molecule has 5 aromatic carbocycles. The van der Waals surface area contributed by atoms with Crippen molar-refractivity contribution in [3.63, 3.8) is 0 Å². The Balaban J connectivity index is 1.33. The maximum atomic E-state index is 5.57. The van der Waals surface area contributed by atoms with E-state index in [0.29, 0.717) is 0 Å². The number of aliphatic imine (C=N–C) groups is 3. The van der Waals surface area contributed by atoms with Gasteiger partial charge in [-0.05, 0) is 76.9 Å². The number of nitrogens with zero attached hydrogens (tertiary/aromatic N) is 3. The average molecular weight is 718 g/mol. The van der Waals surface area contributed by atoms with E-state index < -0.39 is 0 Å². The molecule has 4 aliphatic heterocycles. The van der Waals surface area contributed by atoms with E-state index in [2.05, 4.69) is 168 Å². The third-order valence-corrected chi connectivity index (χ3v) is 10.2. The number of hydrogen-bond acceptors (Lipinski definition) is 4. The normalized spacial score (nSPS) is 16.7. The highest BCUT2D eigenvalue weighted by molar-refractivity contribution is 6.38. The number of rotatable bonds is 6. The summed E-state index contributed by atoms with van der Waals surface area (Å²) in [5.74, 6) is 0. The fraction of sp³-hybridized carbons (Fsp3) is 0. The zero-order valence-electron chi connectivity index (χ0n) is 30.4. The number of benzene rings is 5. The zero-order valence-corrected chi connectivity index (χ0v) is 30.4. The summed E-state index contributed by atoms with van der Waals surface area (Å²) >= 11 is 0. The molecular weight excluding hydrogens is 683 g/mol. The highest BCUT2D eigenvalue weighted by Crippen LogP contribution is 2.38. The predicted molar refractivity (Wildman–Crippen MR) is 231 cm³/mol. The van der Waals surface area contributed by atoms with Crippen LogP contribution in [-0.2, 0) is 0 Å². The second-order valence-electron chi connectivity index (χ2n) is 13.8. The molecule has 4 aliphatic rings. The number of allylic oxidation sites excluding steroid dienone is 9. The van der Waals surface area contributed by atoms with Crippen LogP contribution in [0.25, 0.3) is 22.3 Å². The Labute approximate surface area is 325 Å². The van der Waals surface area contributed by atoms with Crippen molar-refractivity contribution in [1.82, 2.24) is 4.98 Å². The molecule has 0 saturated carbocycles. The molecule has 10 rings (SSSR count). The third kappa shape index (κ3) is 6.17. The lowest BCUT2D eigenvalue weighted by atomic mass is 9.94. The largest absolute Gasteiger partial charge is 0.361 e. The number of anilines is 1. The molecule has 5 heteroatoms. The molecule has 0 unspecified atom stereocenters. The van der Waals surface area contributed by atoms with Gasteiger partial charge in [-0.25, -0.2) is 15.0 Å². The lowest BCUT2D eigenvalue weighted by molar-refractivity contribution is 1.24. The number of nitrogens with one attached hydrogen (secondary N) is 2. The summed E-state index contributed by atoms with van der Waals surface area (Å²) in [5, 5.41) is 5.48. The molecular formula is C51H35N5. The van der Waals surface area contributed by atoms with E-state index in [1.807, 2.05) is 42.5 Å². The van der Waals surface area contributed by atoms with Crippen LogP contribution in [0.4, 0.5) is 5.69 Å². The van der Waals surface area contributed by atoms with Gasteiger partial charge in [0.2, 0.25) is 0 Å². The van der Waals surface area contributed by atoms with Crippen LogP contribution in [0.3, 0.4) is 0 Å². The Morgan fingerprint density at radius 2 is 0.857 bits per heavy atom. The van der Waals surface area contributed by atoms with Gasteiger partial charge in [-0.15, -0.1) is 0 Å². The monoisotopic (exact) mass is 717 g/mol. The number of H-pyrrole nitrogens is 1. The first-order chi connectivity index (χ1) is 27.8. The van der Waals surface area contributed by atoms with Crippen LogP contribution in [0.5, 0.6) is 0 Å². The fourth-order valence-electron chi connectivity index (χ4n) is 7.67. The molecule has 8 bridgehead atoms. The topological polar surface area (TPSA) is 64.9 Å². The van der Waals surface area contributed by atoms with Crippen LogP contribution in [0.15, 0.2) is 238 Å². The van der Waals surface area contributed by atoms with Gasteiger partial charge in [-0.2, -0.15) is 0 Å². The predicted octanol–water partition coefficient (Wildman–Crippen LogP) is 9.61. The first kappa shape index (κ1) is 33.0. The molecule has 56 heavy (non-hydrogen) atoms. The number of fused-ring (bicyclic) bond motifs is 5. The van der Waals surface area contributed by atoms with Gasteiger partial charge in [0.15, 0.2) is 0 Å². The highest BCUT2D eigenvalue weighted by Gasteiger charge is 2.28. The van der Waals surface area contributed by atoms with Gasteiger partial charge in [-0.1, -0.05) is 140 Å². The quantitative estimate of drug-likeness (QED) is 0.177. The maximum absolute atomic E-state index is 5.57. The Morgan fingerprint density at radius 1 is 0.411 bits per heavy atom. The summed E-state index contributed by atoms with van der Waals surface area (Å²) < 4.78 is 0. The third-order valence-electron chi connectivity index (χ3n) is 10.2. The summed E-state index contributed by atoms with van der Waals surface area (Å²) in [5.41, 5.74) is 15.1. The van der Waals surface area contributed by atoms with Crippen molar-refractivity contribution in [2.75, 3.05) is 5.32 Å². The minimum absolute atomic E-state index is 0.831. The van der Waals surface area contributed by atoms with Crippen molar-refractivity contribution >= 4 is 45.1 Å². The van der Waals surface area contributed by atoms with Crippen LogP contribution >= 0.6 is 0 Å². The molecule has 0 aliphatic carbocycles. The van der Waals surface area contributed by atoms with Gasteiger partial charge in [0.1, 0.15) is 0 Å². The Morgan fingerprint density at radius 3 is 1.43 bits per heavy atom. The molecule has 2 N–H and O–H groups in total. The molecule has 0 fully saturated rings. The zero-order chi connectivity index (χ0) is 37.3. The van der Waals surface area contributed by atoms with Crippen molar-refractivity contribution < 1.29 is 0 Å². The van der Waals surface area contributed by atoms with Crippen LogP contribution in [0, 0.1) is 0 Å². The highest BCUT2D eigenvalue weighted by atomic mass is 14.9. The molecule has 264 valence electrons. The Bertz CT molecular complexity index is 2920. The SMILES string of the molecule is C1=CC2=C(c3ccccc3)C3=NC(=C/C3=C/Nc3ccccc3)C(c3ccccc3)=c3ccc([nH]3)=C(c3ccccc3)C3=NC(=C(c4ccccc4)C1=N2)C=C3. The summed E-state index contributed by atoms with van der Waals surface area (Å²) in [6.45, 7) is 0. The standard InChI is InChI=1S/C51H35N5/c1-6-16-34(17-7-1)47-40-26-27-41(53-40)48(35-18-8-2-9-19-35)43-30-31-45(55-43)50(37-22-12-4-13-23-37)51-38(33-52-39-24-14-5-15-25-39)32-46(56-51)49(36-20-10-3-11-21-36)44-29-28-42(47)54-44/h1-33,52,54H/b38-33-,47-42?,48-41?,49-44?,50-45?. The van der Waals surface area contributed by atoms with Crippen molar-refractivity contribution in [3.8, 4) is 0 Å². The van der Waals surface area contributed by atoms with E-state index in [1.54, 1.807) is 0 Å². The Kier molecular flexibility index (Phi) is 8.43. The first-order valence-corrected chi connectivity index (χ1v) is 18.8. The number of para-hydroxylation sites is 1. The molecule has 5 heterocycles. The molecule has 0 radical (unpaired) electrons. The number of aromatic nitrogens is 1. The van der Waals surface area contributed by atoms with E-state index in [-0.39, 0.29) is 0 Å². The van der Waals surface area contributed by atoms with Crippen LogP contribution < -0.4 is 16.0 Å². The maximum Gasteiger partial charge on any atom is 0.0825 e. The molecule has 0 amide bonds. The summed E-state index contributed by atoms with van der Waals surface area (Å²) in [7, 11) is 0. The van der Waals surface area contributed by atoms with E-state index in [4.69, 9.17) is 15.0 Å². The lowest BCUT2D eigenvalue weighted by Crippen LogP contribution is -2.19. The molecule has 5 nitrogen and oxygen atoms in total. The smallest absolute Gasteiger partial charge is 0.0825 e. The lowest BCUT2D eigenvalue weighted by Gasteiger charge is -2.13. The Hall–Kier alpha value is -7.63. The van der Waals surface area contributed by atoms with Crippen LogP contribution in [0.2, 0.25) is 0 Å². The van der Waals surface area contributed by atoms with Crippen molar-refractivity contribution in [1.29, 1.82) is 0 Å². The number of hydrogen-bond donors (Lipinski definition) is 2. The minimum atomic E-state index is 0.831. The van der Waals surface area contributed by atoms with Crippen molar-refractivity contribution in [3.05, 3.63) is 256 Å². The first-order valence-electron chi connectivity index (χ1n) is 18.8. The van der Waals surface area contributed by atoms with Gasteiger partial charge < -0.3 is 10.3 Å². The fourth-order valence-corrected chi connectivity index (χ4v) is 7.67. The van der Waals surface area contributed by atoms with E-state index in [0.717, 1.165) is 101 Å². The van der Waals surface area contributed by atoms with Crippen LogP contribution in [-0.4, -0.2) is 22.1 Å². The molecule has 0 atom stereocenters. The number of aromatic amines is 1. The van der Waals surface area contributed by atoms with Crippen molar-refractivity contribution in [2.45, 2.75) is 0 Å². The van der Waals surface area contributed by atoms with E-state index in [9.17, 15) is 0 Å². The van der Waals surface area contributed by atoms with Gasteiger partial charge in [0.05, 0.1) is 34.2 Å². The summed E-state index contributed by atoms with van der Waals surface area (Å²) in [4.78, 5) is 20.2. The summed E-state index contributed by atoms with van der Waals surface area (Å²) in [6.07, 6.45) is 12.7. The second-order valence-corrected chi connectivity index (χ2v) is 13.8. The van der Waals surface area contributed by atoms with Crippen LogP contribution in [0.1, 0.15) is 22.3 Å². The van der Waals surface area contributed by atoms with Gasteiger partial charge in [-0.3, -0.25) is 0 Å². The van der Waals surface area contributed by atoms with Gasteiger partial charge >= 0.3 is 0 Å². The molecule has 1 aromatic heterocycles.